The van der Waals surface area contributed by atoms with Gasteiger partial charge in [-0.15, -0.1) is 6.58 Å². The number of rotatable bonds is 10. The van der Waals surface area contributed by atoms with E-state index >= 15 is 0 Å². The predicted molar refractivity (Wildman–Crippen MR) is 92.9 cm³/mol. The summed E-state index contributed by atoms with van der Waals surface area (Å²) in [5.74, 6) is 1.42. The van der Waals surface area contributed by atoms with E-state index in [0.29, 0.717) is 23.7 Å². The largest absolute Gasteiger partial charge is 0.493 e. The summed E-state index contributed by atoms with van der Waals surface area (Å²) in [6.07, 6.45) is 3.90. The highest BCUT2D eigenvalue weighted by Crippen LogP contribution is 2.40. The van der Waals surface area contributed by atoms with Gasteiger partial charge in [-0.3, -0.25) is 4.90 Å². The van der Waals surface area contributed by atoms with Crippen molar-refractivity contribution in [3.8, 4) is 11.6 Å². The first-order valence-electron chi connectivity index (χ1n) is 8.25. The number of likely N-dealkylation sites (N-methyl/N-ethyl adjacent to an activating group) is 1. The van der Waals surface area contributed by atoms with Crippen molar-refractivity contribution in [2.45, 2.75) is 31.9 Å². The van der Waals surface area contributed by atoms with Gasteiger partial charge < -0.3 is 23.5 Å². The summed E-state index contributed by atoms with van der Waals surface area (Å²) in [6, 6.07) is 1.36. The number of furan rings is 1. The highest BCUT2D eigenvalue weighted by atomic mass is 16.5. The maximum atomic E-state index is 10.9. The lowest BCUT2D eigenvalue weighted by atomic mass is 10.0. The van der Waals surface area contributed by atoms with Gasteiger partial charge in [0.25, 0.3) is 5.88 Å². The second kappa shape index (κ2) is 8.73. The van der Waals surface area contributed by atoms with Gasteiger partial charge in [0.2, 0.25) is 0 Å². The van der Waals surface area contributed by atoms with Crippen LogP contribution in [-0.2, 0) is 0 Å². The van der Waals surface area contributed by atoms with Gasteiger partial charge in [-0.1, -0.05) is 19.4 Å². The van der Waals surface area contributed by atoms with Crippen molar-refractivity contribution in [1.29, 1.82) is 0 Å². The fraction of sp³-hybridized carbons (Fsp3) is 0.500. The molecule has 0 spiro atoms. The number of hydrogen-bond acceptors (Lipinski definition) is 7. The monoisotopic (exact) mass is 350 g/mol. The summed E-state index contributed by atoms with van der Waals surface area (Å²) in [7, 11) is 5.28. The van der Waals surface area contributed by atoms with Crippen LogP contribution in [0.5, 0.6) is 11.6 Å². The molecule has 1 unspecified atom stereocenters. The van der Waals surface area contributed by atoms with Gasteiger partial charge in [-0.25, -0.2) is 0 Å². The Balaban J connectivity index is 2.46. The number of unbranched alkanes of at least 4 members (excludes halogenated alkanes) is 1. The molecule has 138 valence electrons. The fourth-order valence-electron chi connectivity index (χ4n) is 2.54. The minimum absolute atomic E-state index is 0.253. The number of hydrogen-bond donors (Lipinski definition) is 1. The number of nitrogens with zero attached hydrogens (tertiary/aromatic N) is 2. The van der Waals surface area contributed by atoms with Crippen molar-refractivity contribution in [2.24, 2.45) is 0 Å². The normalized spacial score (nSPS) is 13.7. The topological polar surface area (TPSA) is 81.1 Å². The smallest absolute Gasteiger partial charge is 0.260 e. The molecule has 0 aliphatic heterocycles. The third kappa shape index (κ3) is 4.05. The summed E-state index contributed by atoms with van der Waals surface area (Å²) < 4.78 is 21.9. The minimum atomic E-state index is -1.13. The Labute approximate surface area is 147 Å². The maximum absolute atomic E-state index is 10.9. The average Bonchev–Trinajstić information content (AvgIpc) is 3.22. The quantitative estimate of drug-likeness (QED) is 0.520. The predicted octanol–water partition coefficient (Wildman–Crippen LogP) is 3.33. The number of methoxy groups -OCH3 is 1. The Bertz CT molecular complexity index is 677. The average molecular weight is 350 g/mol. The van der Waals surface area contributed by atoms with Gasteiger partial charge in [0.1, 0.15) is 6.10 Å². The van der Waals surface area contributed by atoms with Crippen LogP contribution in [0.2, 0.25) is 0 Å². The Kier molecular flexibility index (Phi) is 6.66. The molecule has 25 heavy (non-hydrogen) atoms. The van der Waals surface area contributed by atoms with Gasteiger partial charge in [-0.2, -0.15) is 0 Å². The van der Waals surface area contributed by atoms with E-state index in [4.69, 9.17) is 18.4 Å². The van der Waals surface area contributed by atoms with Crippen LogP contribution in [0.3, 0.4) is 0 Å². The Hall–Kier alpha value is -2.25. The van der Waals surface area contributed by atoms with E-state index in [0.717, 1.165) is 12.8 Å². The third-order valence-corrected chi connectivity index (χ3v) is 3.91. The molecule has 0 saturated heterocycles. The van der Waals surface area contributed by atoms with Gasteiger partial charge >= 0.3 is 0 Å². The third-order valence-electron chi connectivity index (χ3n) is 3.91. The number of aromatic nitrogens is 1. The molecule has 7 heteroatoms. The maximum Gasteiger partial charge on any atom is 0.260 e. The number of aliphatic hydroxyl groups is 1. The molecule has 0 amide bonds. The van der Waals surface area contributed by atoms with Crippen LogP contribution in [0.4, 0.5) is 0 Å². The standard InChI is InChI=1S/C18H26N2O5/c1-6-8-10-24-18-14(15(21)17-13(22-5)9-11-23-17)16(25-19-18)12(7-2)20(3)4/h7,9,11-12,15,21H,2,6,8,10H2,1,3-5H3/t12-,15?/m0/s1. The van der Waals surface area contributed by atoms with Crippen LogP contribution in [-0.4, -0.2) is 43.0 Å². The van der Waals surface area contributed by atoms with Gasteiger partial charge in [0, 0.05) is 6.07 Å². The molecule has 0 saturated carbocycles. The second-order valence-corrected chi connectivity index (χ2v) is 5.87. The summed E-state index contributed by atoms with van der Waals surface area (Å²) in [4.78, 5) is 1.90. The van der Waals surface area contributed by atoms with Crippen molar-refractivity contribution in [1.82, 2.24) is 10.1 Å². The van der Waals surface area contributed by atoms with E-state index in [1.54, 1.807) is 12.1 Å². The lowest BCUT2D eigenvalue weighted by Crippen LogP contribution is -2.19. The molecule has 0 bridgehead atoms. The van der Waals surface area contributed by atoms with E-state index in [1.165, 1.54) is 13.4 Å². The molecule has 0 fully saturated rings. The zero-order valence-corrected chi connectivity index (χ0v) is 15.2. The first-order valence-corrected chi connectivity index (χ1v) is 8.25. The molecular formula is C18H26N2O5. The molecule has 1 N–H and O–H groups in total. The summed E-state index contributed by atoms with van der Waals surface area (Å²) in [5, 5.41) is 14.9. The molecule has 7 nitrogen and oxygen atoms in total. The number of aliphatic hydroxyl groups excluding tert-OH is 1. The van der Waals surface area contributed by atoms with Crippen molar-refractivity contribution < 1.29 is 23.5 Å². The van der Waals surface area contributed by atoms with E-state index < -0.39 is 6.10 Å². The molecule has 2 aromatic heterocycles. The van der Waals surface area contributed by atoms with E-state index in [-0.39, 0.29) is 17.7 Å². The van der Waals surface area contributed by atoms with E-state index in [2.05, 4.69) is 18.7 Å². The van der Waals surface area contributed by atoms with Crippen LogP contribution in [0, 0.1) is 0 Å². The Morgan fingerprint density at radius 3 is 2.76 bits per heavy atom. The summed E-state index contributed by atoms with van der Waals surface area (Å²) >= 11 is 0. The van der Waals surface area contributed by atoms with Gasteiger partial charge in [0.05, 0.1) is 31.6 Å². The van der Waals surface area contributed by atoms with E-state index in [9.17, 15) is 5.11 Å². The van der Waals surface area contributed by atoms with Crippen molar-refractivity contribution >= 4 is 0 Å². The zero-order valence-electron chi connectivity index (χ0n) is 15.2. The van der Waals surface area contributed by atoms with E-state index in [1.807, 2.05) is 19.0 Å². The summed E-state index contributed by atoms with van der Waals surface area (Å²) in [5.41, 5.74) is 0.419. The van der Waals surface area contributed by atoms with Crippen LogP contribution < -0.4 is 9.47 Å². The minimum Gasteiger partial charge on any atom is -0.493 e. The molecule has 0 radical (unpaired) electrons. The Morgan fingerprint density at radius 1 is 1.40 bits per heavy atom. The fourth-order valence-corrected chi connectivity index (χ4v) is 2.54. The molecule has 2 aromatic rings. The first kappa shape index (κ1) is 19.1. The van der Waals surface area contributed by atoms with Crippen molar-refractivity contribution in [3.63, 3.8) is 0 Å². The zero-order chi connectivity index (χ0) is 18.4. The lowest BCUT2D eigenvalue weighted by molar-refractivity contribution is 0.172. The molecule has 0 aliphatic rings. The molecular weight excluding hydrogens is 324 g/mol. The first-order chi connectivity index (χ1) is 12.0. The molecule has 0 aromatic carbocycles. The Morgan fingerprint density at radius 2 is 2.16 bits per heavy atom. The SMILES string of the molecule is C=C[C@@H](c1onc(OCCCC)c1C(O)c1occc1OC)N(C)C. The molecule has 2 heterocycles. The second-order valence-electron chi connectivity index (χ2n) is 5.87. The van der Waals surface area contributed by atoms with Crippen LogP contribution >= 0.6 is 0 Å². The van der Waals surface area contributed by atoms with Gasteiger partial charge in [-0.05, 0) is 25.7 Å². The molecule has 2 rings (SSSR count). The van der Waals surface area contributed by atoms with Crippen molar-refractivity contribution in [2.75, 3.05) is 27.8 Å². The van der Waals surface area contributed by atoms with Crippen LogP contribution in [0.15, 0.2) is 33.9 Å². The highest BCUT2D eigenvalue weighted by Gasteiger charge is 2.33. The van der Waals surface area contributed by atoms with Crippen LogP contribution in [0.1, 0.15) is 49.0 Å². The summed E-state index contributed by atoms with van der Waals surface area (Å²) in [6.45, 7) is 6.39. The highest BCUT2D eigenvalue weighted by molar-refractivity contribution is 5.41. The molecule has 0 aliphatic carbocycles. The number of ether oxygens (including phenoxy) is 2. The van der Waals surface area contributed by atoms with Crippen LogP contribution in [0.25, 0.3) is 0 Å². The molecule has 2 atom stereocenters. The van der Waals surface area contributed by atoms with Gasteiger partial charge in [0.15, 0.2) is 17.3 Å². The lowest BCUT2D eigenvalue weighted by Gasteiger charge is -2.20. The van der Waals surface area contributed by atoms with Crippen molar-refractivity contribution in [3.05, 3.63) is 42.1 Å².